The molecule has 1 aromatic carbocycles. The van der Waals surface area contributed by atoms with Gasteiger partial charge in [0.2, 0.25) is 0 Å². The average molecular weight is 512 g/mol. The molecular weight excluding hydrogens is 482 g/mol. The zero-order chi connectivity index (χ0) is 25.9. The standard InChI is InChI=1S/C24H29N7O4S/c1-30(2)14-16-5-7-17(8-6-16)15-31-22(18-11-19(13-26-12-18)36(4,32)33)27-20-21(25)28-24(29-23(20)31)35-10-9-34-3/h5-8,11-13H,9-10,14-15H2,1-4H3,(H2,25,28,29). The fraction of sp³-hybridized carbons (Fsp3) is 0.333. The number of methoxy groups -OCH3 is 1. The van der Waals surface area contributed by atoms with Gasteiger partial charge in [0.15, 0.2) is 26.8 Å². The lowest BCUT2D eigenvalue weighted by Gasteiger charge is -2.12. The molecule has 0 atom stereocenters. The van der Waals surface area contributed by atoms with Gasteiger partial charge < -0.3 is 24.7 Å². The van der Waals surface area contributed by atoms with Crippen molar-refractivity contribution in [3.63, 3.8) is 0 Å². The van der Waals surface area contributed by atoms with E-state index in [0.29, 0.717) is 35.7 Å². The summed E-state index contributed by atoms with van der Waals surface area (Å²) in [5.74, 6) is 0.622. The van der Waals surface area contributed by atoms with Crippen molar-refractivity contribution < 1.29 is 17.9 Å². The summed E-state index contributed by atoms with van der Waals surface area (Å²) in [6.07, 6.45) is 4.01. The van der Waals surface area contributed by atoms with Gasteiger partial charge in [0.05, 0.1) is 18.0 Å². The van der Waals surface area contributed by atoms with Gasteiger partial charge in [-0.15, -0.1) is 0 Å². The first-order valence-electron chi connectivity index (χ1n) is 11.2. The number of hydrogen-bond acceptors (Lipinski definition) is 10. The molecule has 4 rings (SSSR count). The number of nitrogen functional groups attached to an aromatic ring is 1. The zero-order valence-corrected chi connectivity index (χ0v) is 21.5. The van der Waals surface area contributed by atoms with Crippen LogP contribution in [0.3, 0.4) is 0 Å². The van der Waals surface area contributed by atoms with Gasteiger partial charge in [-0.2, -0.15) is 9.97 Å². The quantitative estimate of drug-likeness (QED) is 0.315. The van der Waals surface area contributed by atoms with E-state index in [4.69, 9.17) is 15.2 Å². The predicted octanol–water partition coefficient (Wildman–Crippen LogP) is 2.01. The van der Waals surface area contributed by atoms with Crippen molar-refractivity contribution >= 4 is 26.8 Å². The van der Waals surface area contributed by atoms with Gasteiger partial charge >= 0.3 is 6.01 Å². The summed E-state index contributed by atoms with van der Waals surface area (Å²) in [6.45, 7) is 1.87. The van der Waals surface area contributed by atoms with E-state index in [1.54, 1.807) is 19.4 Å². The number of pyridine rings is 1. The smallest absolute Gasteiger partial charge is 0.320 e. The van der Waals surface area contributed by atoms with E-state index >= 15 is 0 Å². The van der Waals surface area contributed by atoms with Gasteiger partial charge in [-0.05, 0) is 31.3 Å². The second-order valence-corrected chi connectivity index (χ2v) is 10.7. The highest BCUT2D eigenvalue weighted by atomic mass is 32.2. The summed E-state index contributed by atoms with van der Waals surface area (Å²) >= 11 is 0. The maximum absolute atomic E-state index is 12.2. The topological polar surface area (TPSA) is 138 Å². The first kappa shape index (κ1) is 25.5. The molecule has 0 aliphatic carbocycles. The first-order chi connectivity index (χ1) is 17.2. The molecule has 2 N–H and O–H groups in total. The Bertz CT molecular complexity index is 1470. The molecule has 0 spiro atoms. The highest BCUT2D eigenvalue weighted by molar-refractivity contribution is 7.90. The molecule has 3 aromatic heterocycles. The molecule has 0 aliphatic rings. The number of imidazole rings is 1. The maximum Gasteiger partial charge on any atom is 0.320 e. The van der Waals surface area contributed by atoms with Crippen LogP contribution in [-0.4, -0.2) is 78.5 Å². The number of anilines is 1. The molecule has 0 aliphatic heterocycles. The Labute approximate surface area is 209 Å². The van der Waals surface area contributed by atoms with Crippen molar-refractivity contribution in [2.24, 2.45) is 0 Å². The van der Waals surface area contributed by atoms with Gasteiger partial charge in [0, 0.05) is 37.9 Å². The van der Waals surface area contributed by atoms with Crippen LogP contribution in [0.4, 0.5) is 5.82 Å². The van der Waals surface area contributed by atoms with Crippen molar-refractivity contribution in [2.75, 3.05) is 46.4 Å². The lowest BCUT2D eigenvalue weighted by molar-refractivity contribution is 0.141. The van der Waals surface area contributed by atoms with Gasteiger partial charge in [-0.1, -0.05) is 24.3 Å². The average Bonchev–Trinajstić information content (AvgIpc) is 3.18. The summed E-state index contributed by atoms with van der Waals surface area (Å²) in [5.41, 5.74) is 9.78. The normalized spacial score (nSPS) is 11.9. The molecule has 0 saturated heterocycles. The third-order valence-corrected chi connectivity index (χ3v) is 6.46. The molecule has 0 unspecified atom stereocenters. The van der Waals surface area contributed by atoms with E-state index in [0.717, 1.165) is 18.4 Å². The summed E-state index contributed by atoms with van der Waals surface area (Å²) in [5, 5.41) is 0. The van der Waals surface area contributed by atoms with Crippen molar-refractivity contribution in [3.8, 4) is 17.4 Å². The summed E-state index contributed by atoms with van der Waals surface area (Å²) < 4.78 is 36.8. The Morgan fingerprint density at radius 2 is 1.75 bits per heavy atom. The Hall–Kier alpha value is -3.61. The Kier molecular flexibility index (Phi) is 7.48. The fourth-order valence-corrected chi connectivity index (χ4v) is 4.29. The van der Waals surface area contributed by atoms with Crippen LogP contribution in [0.2, 0.25) is 0 Å². The van der Waals surface area contributed by atoms with Crippen molar-refractivity contribution in [1.29, 1.82) is 0 Å². The number of hydrogen-bond donors (Lipinski definition) is 1. The number of fused-ring (bicyclic) bond motifs is 1. The van der Waals surface area contributed by atoms with Crippen LogP contribution in [0.15, 0.2) is 47.6 Å². The van der Waals surface area contributed by atoms with E-state index in [9.17, 15) is 8.42 Å². The van der Waals surface area contributed by atoms with Crippen LogP contribution in [0.5, 0.6) is 6.01 Å². The number of benzene rings is 1. The minimum absolute atomic E-state index is 0.0919. The Morgan fingerprint density at radius 1 is 1.03 bits per heavy atom. The molecule has 3 heterocycles. The third-order valence-electron chi connectivity index (χ3n) is 5.38. The Balaban J connectivity index is 1.83. The molecule has 190 valence electrons. The zero-order valence-electron chi connectivity index (χ0n) is 20.7. The minimum Gasteiger partial charge on any atom is -0.461 e. The Morgan fingerprint density at radius 3 is 2.42 bits per heavy atom. The number of rotatable bonds is 10. The number of nitrogens with zero attached hydrogens (tertiary/aromatic N) is 6. The monoisotopic (exact) mass is 511 g/mol. The van der Waals surface area contributed by atoms with E-state index in [1.807, 2.05) is 30.8 Å². The molecule has 11 nitrogen and oxygen atoms in total. The highest BCUT2D eigenvalue weighted by Gasteiger charge is 2.20. The van der Waals surface area contributed by atoms with Crippen LogP contribution in [0.1, 0.15) is 11.1 Å². The fourth-order valence-electron chi connectivity index (χ4n) is 3.69. The summed E-state index contributed by atoms with van der Waals surface area (Å²) in [4.78, 5) is 19.8. The number of sulfone groups is 1. The van der Waals surface area contributed by atoms with Crippen molar-refractivity contribution in [1.82, 2.24) is 29.4 Å². The lowest BCUT2D eigenvalue weighted by Crippen LogP contribution is -2.11. The van der Waals surface area contributed by atoms with E-state index in [-0.39, 0.29) is 23.3 Å². The molecule has 12 heteroatoms. The van der Waals surface area contributed by atoms with Gasteiger partial charge in [-0.3, -0.25) is 4.98 Å². The number of nitrogens with two attached hydrogens (primary N) is 1. The van der Waals surface area contributed by atoms with Crippen LogP contribution < -0.4 is 10.5 Å². The molecule has 0 fully saturated rings. The summed E-state index contributed by atoms with van der Waals surface area (Å²) in [6, 6.07) is 9.87. The van der Waals surface area contributed by atoms with Crippen LogP contribution >= 0.6 is 0 Å². The number of ether oxygens (including phenoxy) is 2. The van der Waals surface area contributed by atoms with Crippen LogP contribution in [0.25, 0.3) is 22.6 Å². The van der Waals surface area contributed by atoms with Crippen LogP contribution in [-0.2, 0) is 27.7 Å². The summed E-state index contributed by atoms with van der Waals surface area (Å²) in [7, 11) is 2.15. The number of aromatic nitrogens is 5. The largest absolute Gasteiger partial charge is 0.461 e. The molecule has 0 saturated carbocycles. The highest BCUT2D eigenvalue weighted by Crippen LogP contribution is 2.29. The lowest BCUT2D eigenvalue weighted by atomic mass is 10.1. The molecular formula is C24H29N7O4S. The third kappa shape index (κ3) is 5.78. The maximum atomic E-state index is 12.2. The van der Waals surface area contributed by atoms with E-state index in [2.05, 4.69) is 37.0 Å². The predicted molar refractivity (Wildman–Crippen MR) is 136 cm³/mol. The first-order valence-corrected chi connectivity index (χ1v) is 13.1. The molecule has 0 bridgehead atoms. The molecule has 0 amide bonds. The van der Waals surface area contributed by atoms with Gasteiger partial charge in [0.1, 0.15) is 12.4 Å². The second-order valence-electron chi connectivity index (χ2n) is 8.66. The van der Waals surface area contributed by atoms with Gasteiger partial charge in [0.25, 0.3) is 0 Å². The van der Waals surface area contributed by atoms with Crippen molar-refractivity contribution in [2.45, 2.75) is 18.0 Å². The van der Waals surface area contributed by atoms with E-state index < -0.39 is 9.84 Å². The van der Waals surface area contributed by atoms with E-state index in [1.165, 1.54) is 11.8 Å². The van der Waals surface area contributed by atoms with Crippen molar-refractivity contribution in [3.05, 3.63) is 53.9 Å². The molecule has 36 heavy (non-hydrogen) atoms. The molecule has 0 radical (unpaired) electrons. The molecule has 4 aromatic rings. The minimum atomic E-state index is -3.47. The van der Waals surface area contributed by atoms with Gasteiger partial charge in [-0.25, -0.2) is 13.4 Å². The van der Waals surface area contributed by atoms with Crippen LogP contribution in [0, 0.1) is 0 Å². The second kappa shape index (κ2) is 10.6. The SMILES string of the molecule is COCCOc1nc(N)c2nc(-c3cncc(S(C)(=O)=O)c3)n(Cc3ccc(CN(C)C)cc3)c2n1.